The average Bonchev–Trinajstić information content (AvgIpc) is 2.78. The quantitative estimate of drug-likeness (QED) is 0.789. The summed E-state index contributed by atoms with van der Waals surface area (Å²) in [6.07, 6.45) is 2.34. The lowest BCUT2D eigenvalue weighted by molar-refractivity contribution is -0.117. The van der Waals surface area contributed by atoms with Crippen molar-refractivity contribution in [3.8, 4) is 0 Å². The van der Waals surface area contributed by atoms with Crippen molar-refractivity contribution in [3.05, 3.63) is 32.7 Å². The molecule has 0 aromatic heterocycles. The van der Waals surface area contributed by atoms with E-state index in [1.165, 1.54) is 0 Å². The minimum atomic E-state index is -0.00285. The number of ketones is 1. The van der Waals surface area contributed by atoms with E-state index in [0.29, 0.717) is 12.0 Å². The second kappa shape index (κ2) is 6.18. The summed E-state index contributed by atoms with van der Waals surface area (Å²) in [5, 5.41) is 0. The lowest BCUT2D eigenvalue weighted by atomic mass is 10.1. The SMILES string of the molecule is CC(=O)CC1CCCN1C(=O)c1cc(Br)ccc1Br. The van der Waals surface area contributed by atoms with Crippen molar-refractivity contribution in [2.24, 2.45) is 0 Å². The summed E-state index contributed by atoms with van der Waals surface area (Å²) in [5.74, 6) is 0.134. The molecule has 1 saturated heterocycles. The molecule has 0 radical (unpaired) electrons. The standard InChI is InChI=1S/C14H15Br2NO2/c1-9(18)7-11-3-2-6-17(11)14(19)12-8-10(15)4-5-13(12)16/h4-5,8,11H,2-3,6-7H2,1H3. The average molecular weight is 389 g/mol. The van der Waals surface area contributed by atoms with Crippen molar-refractivity contribution >= 4 is 43.6 Å². The van der Waals surface area contributed by atoms with Crippen molar-refractivity contribution in [2.45, 2.75) is 32.2 Å². The third-order valence-corrected chi connectivity index (χ3v) is 4.50. The highest BCUT2D eigenvalue weighted by Gasteiger charge is 2.30. The van der Waals surface area contributed by atoms with Gasteiger partial charge < -0.3 is 4.90 Å². The van der Waals surface area contributed by atoms with Gasteiger partial charge in [-0.15, -0.1) is 0 Å². The highest BCUT2D eigenvalue weighted by molar-refractivity contribution is 9.11. The number of carbonyl (C=O) groups excluding carboxylic acids is 2. The molecule has 3 nitrogen and oxygen atoms in total. The lowest BCUT2D eigenvalue weighted by Crippen LogP contribution is -2.36. The third-order valence-electron chi connectivity index (χ3n) is 3.32. The minimum absolute atomic E-state index is 0.00285. The van der Waals surface area contributed by atoms with E-state index in [-0.39, 0.29) is 17.7 Å². The molecule has 2 rings (SSSR count). The van der Waals surface area contributed by atoms with Crippen LogP contribution in [0.1, 0.15) is 36.5 Å². The van der Waals surface area contributed by atoms with Crippen LogP contribution in [0.25, 0.3) is 0 Å². The molecular weight excluding hydrogens is 374 g/mol. The number of rotatable bonds is 3. The molecule has 1 amide bonds. The van der Waals surface area contributed by atoms with E-state index < -0.39 is 0 Å². The molecule has 1 aromatic rings. The number of benzene rings is 1. The van der Waals surface area contributed by atoms with Crippen LogP contribution in [0.5, 0.6) is 0 Å². The lowest BCUT2D eigenvalue weighted by Gasteiger charge is -2.24. The van der Waals surface area contributed by atoms with Gasteiger partial charge in [0.15, 0.2) is 0 Å². The van der Waals surface area contributed by atoms with Crippen molar-refractivity contribution in [3.63, 3.8) is 0 Å². The third kappa shape index (κ3) is 3.45. The monoisotopic (exact) mass is 387 g/mol. The fraction of sp³-hybridized carbons (Fsp3) is 0.429. The molecule has 0 spiro atoms. The molecule has 1 atom stereocenters. The van der Waals surface area contributed by atoms with Gasteiger partial charge in [-0.1, -0.05) is 15.9 Å². The van der Waals surface area contributed by atoms with Crippen LogP contribution < -0.4 is 0 Å². The van der Waals surface area contributed by atoms with Crippen LogP contribution in [0.15, 0.2) is 27.1 Å². The van der Waals surface area contributed by atoms with Crippen LogP contribution in [0.3, 0.4) is 0 Å². The van der Waals surface area contributed by atoms with Gasteiger partial charge in [0.05, 0.1) is 5.56 Å². The number of amides is 1. The van der Waals surface area contributed by atoms with E-state index in [0.717, 1.165) is 28.3 Å². The van der Waals surface area contributed by atoms with Gasteiger partial charge in [0.25, 0.3) is 5.91 Å². The molecule has 1 heterocycles. The fourth-order valence-corrected chi connectivity index (χ4v) is 3.24. The van der Waals surface area contributed by atoms with Gasteiger partial charge in [-0.2, -0.15) is 0 Å². The minimum Gasteiger partial charge on any atom is -0.335 e. The Morgan fingerprint density at radius 2 is 2.11 bits per heavy atom. The Labute approximate surface area is 129 Å². The van der Waals surface area contributed by atoms with E-state index in [9.17, 15) is 9.59 Å². The fourth-order valence-electron chi connectivity index (χ4n) is 2.46. The maximum absolute atomic E-state index is 12.6. The molecule has 19 heavy (non-hydrogen) atoms. The number of carbonyl (C=O) groups is 2. The number of hydrogen-bond donors (Lipinski definition) is 0. The van der Waals surface area contributed by atoms with Gasteiger partial charge in [-0.05, 0) is 53.9 Å². The number of hydrogen-bond acceptors (Lipinski definition) is 2. The number of nitrogens with zero attached hydrogens (tertiary/aromatic N) is 1. The van der Waals surface area contributed by atoms with E-state index in [1.807, 2.05) is 23.1 Å². The van der Waals surface area contributed by atoms with Gasteiger partial charge in [-0.25, -0.2) is 0 Å². The van der Waals surface area contributed by atoms with Crippen LogP contribution >= 0.6 is 31.9 Å². The summed E-state index contributed by atoms with van der Waals surface area (Å²) in [6, 6.07) is 5.61. The van der Waals surface area contributed by atoms with Crippen LogP contribution in [0, 0.1) is 0 Å². The van der Waals surface area contributed by atoms with Crippen molar-refractivity contribution in [2.75, 3.05) is 6.54 Å². The predicted molar refractivity (Wildman–Crippen MR) is 81.2 cm³/mol. The molecule has 1 aliphatic rings. The van der Waals surface area contributed by atoms with Gasteiger partial charge in [0, 0.05) is 28.0 Å². The molecule has 0 saturated carbocycles. The molecule has 0 N–H and O–H groups in total. The van der Waals surface area contributed by atoms with E-state index in [4.69, 9.17) is 0 Å². The van der Waals surface area contributed by atoms with Crippen molar-refractivity contribution in [1.29, 1.82) is 0 Å². The van der Waals surface area contributed by atoms with Gasteiger partial charge in [-0.3, -0.25) is 9.59 Å². The normalized spacial score (nSPS) is 18.7. The Morgan fingerprint density at radius 1 is 1.37 bits per heavy atom. The van der Waals surface area contributed by atoms with E-state index in [2.05, 4.69) is 31.9 Å². The first-order chi connectivity index (χ1) is 8.99. The molecule has 102 valence electrons. The maximum Gasteiger partial charge on any atom is 0.255 e. The molecule has 1 fully saturated rings. The van der Waals surface area contributed by atoms with Crippen molar-refractivity contribution in [1.82, 2.24) is 4.90 Å². The Kier molecular flexibility index (Phi) is 4.79. The highest BCUT2D eigenvalue weighted by Crippen LogP contribution is 2.27. The molecule has 1 aliphatic heterocycles. The zero-order chi connectivity index (χ0) is 14.0. The second-order valence-electron chi connectivity index (χ2n) is 4.82. The van der Waals surface area contributed by atoms with Crippen LogP contribution in [-0.4, -0.2) is 29.2 Å². The van der Waals surface area contributed by atoms with Gasteiger partial charge in [0.1, 0.15) is 5.78 Å². The first-order valence-electron chi connectivity index (χ1n) is 6.24. The summed E-state index contributed by atoms with van der Waals surface area (Å²) in [4.78, 5) is 25.7. The van der Waals surface area contributed by atoms with Crippen LogP contribution in [0.2, 0.25) is 0 Å². The summed E-state index contributed by atoms with van der Waals surface area (Å²) >= 11 is 6.80. The Balaban J connectivity index is 2.23. The Bertz CT molecular complexity index is 516. The van der Waals surface area contributed by atoms with Crippen LogP contribution in [-0.2, 0) is 4.79 Å². The smallest absolute Gasteiger partial charge is 0.255 e. The molecule has 1 unspecified atom stereocenters. The molecule has 5 heteroatoms. The number of Topliss-reactive ketones (excluding diaryl/α,β-unsaturated/α-hetero) is 1. The Hall–Kier alpha value is -0.680. The predicted octanol–water partition coefficient (Wildman–Crippen LogP) is 3.80. The summed E-state index contributed by atoms with van der Waals surface area (Å²) in [7, 11) is 0. The number of likely N-dealkylation sites (tertiary alicyclic amines) is 1. The summed E-state index contributed by atoms with van der Waals surface area (Å²) in [6.45, 7) is 2.31. The number of halogens is 2. The summed E-state index contributed by atoms with van der Waals surface area (Å²) in [5.41, 5.74) is 0.643. The first kappa shape index (κ1) is 14.7. The van der Waals surface area contributed by atoms with Crippen molar-refractivity contribution < 1.29 is 9.59 Å². The van der Waals surface area contributed by atoms with Crippen LogP contribution in [0.4, 0.5) is 0 Å². The zero-order valence-corrected chi connectivity index (χ0v) is 13.8. The second-order valence-corrected chi connectivity index (χ2v) is 6.59. The molecule has 0 aliphatic carbocycles. The van der Waals surface area contributed by atoms with E-state index in [1.54, 1.807) is 6.92 Å². The van der Waals surface area contributed by atoms with Gasteiger partial charge >= 0.3 is 0 Å². The van der Waals surface area contributed by atoms with Gasteiger partial charge in [0.2, 0.25) is 0 Å². The first-order valence-corrected chi connectivity index (χ1v) is 7.83. The topological polar surface area (TPSA) is 37.4 Å². The van der Waals surface area contributed by atoms with E-state index >= 15 is 0 Å². The zero-order valence-electron chi connectivity index (χ0n) is 10.7. The molecule has 0 bridgehead atoms. The summed E-state index contributed by atoms with van der Waals surface area (Å²) < 4.78 is 1.66. The Morgan fingerprint density at radius 3 is 2.79 bits per heavy atom. The molecule has 1 aromatic carbocycles. The largest absolute Gasteiger partial charge is 0.335 e. The highest BCUT2D eigenvalue weighted by atomic mass is 79.9. The molecular formula is C14H15Br2NO2. The maximum atomic E-state index is 12.6.